The Hall–Kier alpha value is -2.70. The van der Waals surface area contributed by atoms with Gasteiger partial charge in [0.1, 0.15) is 12.2 Å². The van der Waals surface area contributed by atoms with Crippen LogP contribution in [-0.4, -0.2) is 33.8 Å². The Bertz CT molecular complexity index is 636. The van der Waals surface area contributed by atoms with E-state index in [-0.39, 0.29) is 12.5 Å². The molecule has 20 heavy (non-hydrogen) atoms. The molecule has 0 atom stereocenters. The second-order valence-electron chi connectivity index (χ2n) is 4.13. The first-order valence-electron chi connectivity index (χ1n) is 5.92. The predicted octanol–water partition coefficient (Wildman–Crippen LogP) is 1.01. The van der Waals surface area contributed by atoms with E-state index in [2.05, 4.69) is 20.1 Å². The summed E-state index contributed by atoms with van der Waals surface area (Å²) in [5, 5.41) is 6.63. The molecule has 7 heteroatoms. The third-order valence-corrected chi connectivity index (χ3v) is 2.63. The van der Waals surface area contributed by atoms with Crippen LogP contribution in [0, 0.1) is 6.92 Å². The van der Waals surface area contributed by atoms with Crippen LogP contribution in [0.15, 0.2) is 30.7 Å². The van der Waals surface area contributed by atoms with Gasteiger partial charge in [-0.25, -0.2) is 0 Å². The number of carbonyl (C=O) groups excluding carboxylic acids is 2. The summed E-state index contributed by atoms with van der Waals surface area (Å²) in [6.07, 6.45) is 4.56. The fourth-order valence-electron chi connectivity index (χ4n) is 1.63. The van der Waals surface area contributed by atoms with E-state index in [0.29, 0.717) is 11.4 Å². The average molecular weight is 274 g/mol. The number of hydrogen-bond donors (Lipinski definition) is 1. The number of amides is 1. The zero-order valence-electron chi connectivity index (χ0n) is 11.2. The summed E-state index contributed by atoms with van der Waals surface area (Å²) < 4.78 is 5.91. The van der Waals surface area contributed by atoms with Crippen molar-refractivity contribution in [3.63, 3.8) is 0 Å². The lowest BCUT2D eigenvalue weighted by molar-refractivity contribution is -0.141. The summed E-state index contributed by atoms with van der Waals surface area (Å²) in [6.45, 7) is 1.80. The maximum absolute atomic E-state index is 12.0. The minimum absolute atomic E-state index is 0.00497. The van der Waals surface area contributed by atoms with Crippen molar-refractivity contribution < 1.29 is 14.3 Å². The van der Waals surface area contributed by atoms with Gasteiger partial charge < -0.3 is 10.1 Å². The number of methoxy groups -OCH3 is 1. The molecule has 0 unspecified atom stereocenters. The van der Waals surface area contributed by atoms with E-state index < -0.39 is 5.97 Å². The lowest BCUT2D eigenvalue weighted by atomic mass is 10.2. The zero-order valence-corrected chi connectivity index (χ0v) is 11.2. The number of carbonyl (C=O) groups is 2. The number of anilines is 1. The molecule has 0 spiro atoms. The Kier molecular flexibility index (Phi) is 4.09. The van der Waals surface area contributed by atoms with E-state index in [1.807, 2.05) is 13.0 Å². The van der Waals surface area contributed by atoms with Gasteiger partial charge in [-0.2, -0.15) is 5.10 Å². The Morgan fingerprint density at radius 2 is 2.25 bits per heavy atom. The van der Waals surface area contributed by atoms with Crippen LogP contribution in [-0.2, 0) is 16.1 Å². The van der Waals surface area contributed by atoms with Gasteiger partial charge in [-0.05, 0) is 18.6 Å². The van der Waals surface area contributed by atoms with Gasteiger partial charge in [0, 0.05) is 12.4 Å². The van der Waals surface area contributed by atoms with E-state index >= 15 is 0 Å². The molecule has 0 fully saturated rings. The summed E-state index contributed by atoms with van der Waals surface area (Å²) in [7, 11) is 1.30. The van der Waals surface area contributed by atoms with E-state index in [1.165, 1.54) is 18.0 Å². The van der Waals surface area contributed by atoms with Gasteiger partial charge in [-0.1, -0.05) is 6.07 Å². The Balaban J connectivity index is 2.05. The molecule has 2 aromatic rings. The van der Waals surface area contributed by atoms with Crippen LogP contribution >= 0.6 is 0 Å². The molecule has 2 aromatic heterocycles. The molecule has 2 rings (SSSR count). The molecule has 7 nitrogen and oxygen atoms in total. The first-order chi connectivity index (χ1) is 9.60. The van der Waals surface area contributed by atoms with E-state index in [9.17, 15) is 9.59 Å². The minimum Gasteiger partial charge on any atom is -0.468 e. The van der Waals surface area contributed by atoms with E-state index in [0.717, 1.165) is 5.56 Å². The van der Waals surface area contributed by atoms with Crippen LogP contribution in [0.25, 0.3) is 0 Å². The molecule has 1 N–H and O–H groups in total. The molecular weight excluding hydrogens is 260 g/mol. The normalized spacial score (nSPS) is 10.1. The zero-order chi connectivity index (χ0) is 14.5. The first kappa shape index (κ1) is 13.7. The van der Waals surface area contributed by atoms with Crippen molar-refractivity contribution in [1.29, 1.82) is 0 Å². The van der Waals surface area contributed by atoms with Gasteiger partial charge in [0.25, 0.3) is 5.91 Å². The number of rotatable bonds is 4. The van der Waals surface area contributed by atoms with Crippen molar-refractivity contribution in [3.05, 3.63) is 42.0 Å². The van der Waals surface area contributed by atoms with Crippen molar-refractivity contribution in [2.75, 3.05) is 12.4 Å². The SMILES string of the molecule is COC(=O)Cn1cc(NC(=O)c2ncccc2C)cn1. The van der Waals surface area contributed by atoms with Crippen molar-refractivity contribution in [1.82, 2.24) is 14.8 Å². The van der Waals surface area contributed by atoms with Crippen LogP contribution in [0.2, 0.25) is 0 Å². The third-order valence-electron chi connectivity index (χ3n) is 2.63. The number of pyridine rings is 1. The van der Waals surface area contributed by atoms with Gasteiger partial charge in [0.15, 0.2) is 0 Å². The fraction of sp³-hybridized carbons (Fsp3) is 0.231. The quantitative estimate of drug-likeness (QED) is 0.841. The minimum atomic E-state index is -0.411. The molecule has 0 aliphatic rings. The third kappa shape index (κ3) is 3.19. The Labute approximate surface area is 115 Å². The molecular formula is C13H14N4O3. The van der Waals surface area contributed by atoms with Gasteiger partial charge in [-0.15, -0.1) is 0 Å². The molecule has 0 aromatic carbocycles. The largest absolute Gasteiger partial charge is 0.468 e. The lowest BCUT2D eigenvalue weighted by Gasteiger charge is -2.04. The van der Waals surface area contributed by atoms with Crippen LogP contribution in [0.1, 0.15) is 16.1 Å². The summed E-state index contributed by atoms with van der Waals surface area (Å²) in [4.78, 5) is 27.1. The highest BCUT2D eigenvalue weighted by Gasteiger charge is 2.12. The lowest BCUT2D eigenvalue weighted by Crippen LogP contribution is -2.15. The summed E-state index contributed by atoms with van der Waals surface area (Å²) >= 11 is 0. The molecule has 2 heterocycles. The summed E-state index contributed by atoms with van der Waals surface area (Å²) in [5.41, 5.74) is 1.63. The number of esters is 1. The highest BCUT2D eigenvalue weighted by Crippen LogP contribution is 2.09. The van der Waals surface area contributed by atoms with Crippen LogP contribution in [0.3, 0.4) is 0 Å². The maximum atomic E-state index is 12.0. The highest BCUT2D eigenvalue weighted by molar-refractivity contribution is 6.03. The van der Waals surface area contributed by atoms with E-state index in [4.69, 9.17) is 0 Å². The number of aromatic nitrogens is 3. The molecule has 1 amide bonds. The van der Waals surface area contributed by atoms with Crippen molar-refractivity contribution in [2.45, 2.75) is 13.5 Å². The molecule has 0 radical (unpaired) electrons. The van der Waals surface area contributed by atoms with Gasteiger partial charge >= 0.3 is 5.97 Å². The summed E-state index contributed by atoms with van der Waals surface area (Å²) in [5.74, 6) is -0.729. The maximum Gasteiger partial charge on any atom is 0.327 e. The monoisotopic (exact) mass is 274 g/mol. The van der Waals surface area contributed by atoms with Crippen molar-refractivity contribution >= 4 is 17.6 Å². The smallest absolute Gasteiger partial charge is 0.327 e. The summed E-state index contributed by atoms with van der Waals surface area (Å²) in [6, 6.07) is 3.57. The average Bonchev–Trinajstić information content (AvgIpc) is 2.86. The topological polar surface area (TPSA) is 86.1 Å². The van der Waals surface area contributed by atoms with Crippen molar-refractivity contribution in [2.24, 2.45) is 0 Å². The molecule has 0 saturated carbocycles. The van der Waals surface area contributed by atoms with Gasteiger partial charge in [-0.3, -0.25) is 19.3 Å². The molecule has 0 saturated heterocycles. The number of hydrogen-bond acceptors (Lipinski definition) is 5. The number of nitrogens with zero attached hydrogens (tertiary/aromatic N) is 3. The van der Waals surface area contributed by atoms with Gasteiger partial charge in [0.05, 0.1) is 19.0 Å². The first-order valence-corrected chi connectivity index (χ1v) is 5.92. The molecule has 104 valence electrons. The van der Waals surface area contributed by atoms with Crippen LogP contribution in [0.5, 0.6) is 0 Å². The van der Waals surface area contributed by atoms with Crippen LogP contribution in [0.4, 0.5) is 5.69 Å². The fourth-order valence-corrected chi connectivity index (χ4v) is 1.63. The second kappa shape index (κ2) is 5.96. The number of aryl methyl sites for hydroxylation is 1. The predicted molar refractivity (Wildman–Crippen MR) is 71.2 cm³/mol. The van der Waals surface area contributed by atoms with Crippen molar-refractivity contribution in [3.8, 4) is 0 Å². The standard InChI is InChI=1S/C13H14N4O3/c1-9-4-3-5-14-12(9)13(19)16-10-6-15-17(7-10)8-11(18)20-2/h3-7H,8H2,1-2H3,(H,16,19). The molecule has 0 bridgehead atoms. The number of nitrogens with one attached hydrogen (secondary N) is 1. The Morgan fingerprint density at radius 1 is 1.45 bits per heavy atom. The molecule has 0 aliphatic heterocycles. The molecule has 0 aliphatic carbocycles. The second-order valence-corrected chi connectivity index (χ2v) is 4.13. The van der Waals surface area contributed by atoms with Gasteiger partial charge in [0.2, 0.25) is 0 Å². The van der Waals surface area contributed by atoms with E-state index in [1.54, 1.807) is 18.5 Å². The number of ether oxygens (including phenoxy) is 1. The Morgan fingerprint density at radius 3 is 2.95 bits per heavy atom. The van der Waals surface area contributed by atoms with Crippen LogP contribution < -0.4 is 5.32 Å². The highest BCUT2D eigenvalue weighted by atomic mass is 16.5.